The van der Waals surface area contributed by atoms with Crippen LogP contribution >= 0.6 is 11.6 Å². The van der Waals surface area contributed by atoms with E-state index < -0.39 is 54.1 Å². The van der Waals surface area contributed by atoms with Gasteiger partial charge in [0.15, 0.2) is 6.61 Å². The summed E-state index contributed by atoms with van der Waals surface area (Å²) in [4.78, 5) is 63.2. The predicted octanol–water partition coefficient (Wildman–Crippen LogP) is 6.39. The van der Waals surface area contributed by atoms with Gasteiger partial charge < -0.3 is 36.1 Å². The molecule has 1 aliphatic rings. The maximum Gasteiger partial charge on any atom is 0.422 e. The summed E-state index contributed by atoms with van der Waals surface area (Å²) >= 11 is 6.04. The number of benzene rings is 4. The van der Waals surface area contributed by atoms with Crippen molar-refractivity contribution in [3.8, 4) is 17.1 Å². The van der Waals surface area contributed by atoms with Crippen molar-refractivity contribution in [1.29, 1.82) is 0 Å². The Balaban J connectivity index is 1.05. The molecule has 300 valence electrons. The minimum absolute atomic E-state index is 0.0302. The van der Waals surface area contributed by atoms with E-state index in [1.807, 2.05) is 48.5 Å². The van der Waals surface area contributed by atoms with E-state index in [1.165, 1.54) is 24.3 Å². The smallest absolute Gasteiger partial charge is 0.422 e. The fourth-order valence-corrected chi connectivity index (χ4v) is 5.87. The molecule has 14 nitrogen and oxygen atoms in total. The van der Waals surface area contributed by atoms with Crippen LogP contribution in [-0.4, -0.2) is 71.1 Å². The highest BCUT2D eigenvalue weighted by molar-refractivity contribution is 6.39. The van der Waals surface area contributed by atoms with Gasteiger partial charge in [-0.1, -0.05) is 66.2 Å². The second kappa shape index (κ2) is 18.0. The van der Waals surface area contributed by atoms with Crippen LogP contribution in [-0.2, 0) is 24.7 Å². The van der Waals surface area contributed by atoms with Gasteiger partial charge in [-0.15, -0.1) is 0 Å². The van der Waals surface area contributed by atoms with Gasteiger partial charge in [-0.05, 0) is 84.5 Å². The monoisotopic (exact) mass is 816 g/mol. The highest BCUT2D eigenvalue weighted by Gasteiger charge is 2.45. The van der Waals surface area contributed by atoms with Crippen LogP contribution < -0.4 is 31.3 Å². The molecule has 1 atom stereocenters. The van der Waals surface area contributed by atoms with Crippen molar-refractivity contribution in [2.45, 2.75) is 37.0 Å². The lowest BCUT2D eigenvalue weighted by molar-refractivity contribution is -0.154. The van der Waals surface area contributed by atoms with E-state index >= 15 is 0 Å². The Morgan fingerprint density at radius 3 is 2.17 bits per heavy atom. The molecule has 1 heterocycles. The van der Waals surface area contributed by atoms with Crippen molar-refractivity contribution in [2.75, 3.05) is 36.2 Å². The lowest BCUT2D eigenvalue weighted by Crippen LogP contribution is -2.44. The van der Waals surface area contributed by atoms with E-state index in [0.29, 0.717) is 29.2 Å². The Kier molecular flexibility index (Phi) is 12.7. The number of halogens is 4. The minimum atomic E-state index is -4.64. The highest BCUT2D eigenvalue weighted by Crippen LogP contribution is 2.48. The normalized spacial score (nSPS) is 13.3. The number of nitrogens with one attached hydrogen (secondary N) is 5. The molecular weight excluding hydrogens is 781 g/mol. The molecule has 1 fully saturated rings. The molecule has 0 spiro atoms. The van der Waals surface area contributed by atoms with E-state index in [0.717, 1.165) is 23.8 Å². The van der Waals surface area contributed by atoms with Crippen LogP contribution in [0.3, 0.4) is 0 Å². The number of hydrogen-bond donors (Lipinski definition) is 5. The molecule has 1 aliphatic carbocycles. The molecule has 18 heteroatoms. The van der Waals surface area contributed by atoms with E-state index in [2.05, 4.69) is 41.5 Å². The Morgan fingerprint density at radius 2 is 1.50 bits per heavy atom. The number of hydrogen-bond acceptors (Lipinski definition) is 11. The summed E-state index contributed by atoms with van der Waals surface area (Å²) in [6.45, 7) is -1.78. The molecule has 0 unspecified atom stereocenters. The van der Waals surface area contributed by atoms with Gasteiger partial charge in [-0.25, -0.2) is 4.79 Å². The molecule has 0 saturated heterocycles. The number of alkyl halides is 3. The molecule has 58 heavy (non-hydrogen) atoms. The molecule has 1 saturated carbocycles. The zero-order valence-electron chi connectivity index (χ0n) is 30.7. The van der Waals surface area contributed by atoms with Crippen molar-refractivity contribution < 1.29 is 41.8 Å². The van der Waals surface area contributed by atoms with Gasteiger partial charge in [0.1, 0.15) is 6.04 Å². The fourth-order valence-electron chi connectivity index (χ4n) is 5.75. The number of rotatable bonds is 15. The van der Waals surface area contributed by atoms with Gasteiger partial charge in [0.2, 0.25) is 11.9 Å². The van der Waals surface area contributed by atoms with Crippen molar-refractivity contribution in [1.82, 2.24) is 25.6 Å². The first-order valence-electron chi connectivity index (χ1n) is 17.8. The minimum Gasteiger partial charge on any atom is -0.467 e. The first kappa shape index (κ1) is 40.9. The van der Waals surface area contributed by atoms with Crippen LogP contribution in [0.2, 0.25) is 5.02 Å². The molecule has 0 bridgehead atoms. The van der Waals surface area contributed by atoms with Gasteiger partial charge in [-0.3, -0.25) is 14.4 Å². The lowest BCUT2D eigenvalue weighted by Gasteiger charge is -2.19. The van der Waals surface area contributed by atoms with E-state index in [4.69, 9.17) is 21.1 Å². The van der Waals surface area contributed by atoms with Crippen LogP contribution in [0.1, 0.15) is 35.2 Å². The second-order valence-electron chi connectivity index (χ2n) is 13.1. The van der Waals surface area contributed by atoms with E-state index in [1.54, 1.807) is 30.3 Å². The number of anilines is 4. The van der Waals surface area contributed by atoms with Gasteiger partial charge in [0.25, 0.3) is 5.91 Å². The summed E-state index contributed by atoms with van der Waals surface area (Å²) in [5.74, 6) is -3.47. The maximum atomic E-state index is 13.2. The number of nitrogens with zero attached hydrogens (tertiary/aromatic N) is 3. The molecule has 0 aliphatic heterocycles. The van der Waals surface area contributed by atoms with Gasteiger partial charge >= 0.3 is 30.0 Å². The standard InChI is InChI=1S/C40H36ClF3N8O6/c1-57-35(56)31(18-21-45-33(54)34(55)46-30-9-5-8-26(22-30)24-6-3-2-4-7-24)48-32(53)25-10-16-29(17-11-25)47-36-49-37(51-38(50-36)58-23-40(42,43)44)52-39(19-20-39)27-12-14-28(41)15-13-27/h2-17,22,31H,18-21,23H2,1H3,(H,45,54)(H,46,55)(H,48,53)(H2,47,49,50,51,52)/t31-/m0/s1. The SMILES string of the molecule is COC(=O)[C@H](CCNC(=O)C(=O)Nc1cccc(-c2ccccc2)c1)NC(=O)c1ccc(Nc2nc(NC3(c4ccc(Cl)cc4)CC3)nc(OCC(F)(F)F)n2)cc1. The topological polar surface area (TPSA) is 186 Å². The van der Waals surface area contributed by atoms with Crippen LogP contribution in [0, 0.1) is 0 Å². The van der Waals surface area contributed by atoms with Crippen molar-refractivity contribution >= 4 is 58.6 Å². The summed E-state index contributed by atoms with van der Waals surface area (Å²) in [6.07, 6.45) is -3.33. The number of carbonyl (C=O) groups is 4. The summed E-state index contributed by atoms with van der Waals surface area (Å²) in [7, 11) is 1.14. The Bertz CT molecular complexity index is 2260. The van der Waals surface area contributed by atoms with Crippen LogP contribution in [0.25, 0.3) is 11.1 Å². The van der Waals surface area contributed by atoms with Crippen molar-refractivity contribution in [3.05, 3.63) is 119 Å². The summed E-state index contributed by atoms with van der Waals surface area (Å²) in [5.41, 5.74) is 3.00. The first-order valence-corrected chi connectivity index (χ1v) is 18.2. The Morgan fingerprint density at radius 1 is 0.810 bits per heavy atom. The average Bonchev–Trinajstić information content (AvgIpc) is 4.00. The number of ether oxygens (including phenoxy) is 2. The van der Waals surface area contributed by atoms with Crippen molar-refractivity contribution in [3.63, 3.8) is 0 Å². The van der Waals surface area contributed by atoms with E-state index in [9.17, 15) is 32.3 Å². The molecule has 4 aromatic carbocycles. The molecule has 0 radical (unpaired) electrons. The predicted molar refractivity (Wildman–Crippen MR) is 208 cm³/mol. The first-order chi connectivity index (χ1) is 27.8. The summed E-state index contributed by atoms with van der Waals surface area (Å²) in [5, 5.41) is 14.2. The highest BCUT2D eigenvalue weighted by atomic mass is 35.5. The largest absolute Gasteiger partial charge is 0.467 e. The van der Waals surface area contributed by atoms with Gasteiger partial charge in [0.05, 0.1) is 12.6 Å². The van der Waals surface area contributed by atoms with Crippen molar-refractivity contribution in [2.24, 2.45) is 0 Å². The van der Waals surface area contributed by atoms with Crippen LogP contribution in [0.5, 0.6) is 6.01 Å². The lowest BCUT2D eigenvalue weighted by atomic mass is 10.1. The van der Waals surface area contributed by atoms with E-state index in [-0.39, 0.29) is 30.4 Å². The Hall–Kier alpha value is -6.75. The third-order valence-electron chi connectivity index (χ3n) is 8.82. The van der Waals surface area contributed by atoms with Gasteiger partial charge in [-0.2, -0.15) is 28.1 Å². The molecule has 5 aromatic rings. The number of amides is 3. The third kappa shape index (κ3) is 11.2. The maximum absolute atomic E-state index is 13.2. The Labute approximate surface area is 334 Å². The number of carbonyl (C=O) groups excluding carboxylic acids is 4. The summed E-state index contributed by atoms with van der Waals surface area (Å²) < 4.78 is 48.6. The average molecular weight is 817 g/mol. The molecular formula is C40H36ClF3N8O6. The van der Waals surface area contributed by atoms with Gasteiger partial charge in [0, 0.05) is 28.5 Å². The zero-order chi connectivity index (χ0) is 41.3. The van der Waals surface area contributed by atoms with Crippen LogP contribution in [0.15, 0.2) is 103 Å². The number of methoxy groups -OCH3 is 1. The number of esters is 1. The molecule has 6 rings (SSSR count). The molecule has 5 N–H and O–H groups in total. The molecule has 3 amide bonds. The number of aromatic nitrogens is 3. The second-order valence-corrected chi connectivity index (χ2v) is 13.5. The molecule has 1 aromatic heterocycles. The summed E-state index contributed by atoms with van der Waals surface area (Å²) in [6, 6.07) is 27.7. The third-order valence-corrected chi connectivity index (χ3v) is 9.08. The fraction of sp³-hybridized carbons (Fsp3) is 0.225. The zero-order valence-corrected chi connectivity index (χ0v) is 31.5. The van der Waals surface area contributed by atoms with Crippen LogP contribution in [0.4, 0.5) is 36.4 Å². The quantitative estimate of drug-likeness (QED) is 0.0582.